The lowest BCUT2D eigenvalue weighted by molar-refractivity contribution is -0.461. The maximum Gasteiger partial charge on any atom is 0.460 e. The Kier molecular flexibility index (Phi) is 9.71. The van der Waals surface area contributed by atoms with Crippen molar-refractivity contribution < 1.29 is 88.9 Å². The summed E-state index contributed by atoms with van der Waals surface area (Å²) in [6, 6.07) is 10.1. The molecule has 0 spiro atoms. The molecule has 0 N–H and O–H groups in total. The lowest BCUT2D eigenvalue weighted by Gasteiger charge is -2.42. The molecular formula is C24H12F17NO3. The fourth-order valence-corrected chi connectivity index (χ4v) is 3.10. The van der Waals surface area contributed by atoms with Crippen molar-refractivity contribution in [2.75, 3.05) is 6.61 Å². The molecule has 2 aromatic carbocycles. The number of hydrogen-bond donors (Lipinski definition) is 0. The fourth-order valence-electron chi connectivity index (χ4n) is 3.10. The Labute approximate surface area is 238 Å². The quantitative estimate of drug-likeness (QED) is 0.128. The number of nitrogens with zero attached hydrogens (tertiary/aromatic N) is 1. The Hall–Kier alpha value is -3.99. The molecule has 0 aliphatic heterocycles. The van der Waals surface area contributed by atoms with Gasteiger partial charge in [-0.1, -0.05) is 0 Å². The molecule has 0 unspecified atom stereocenters. The van der Waals surface area contributed by atoms with Crippen molar-refractivity contribution in [3.8, 4) is 17.6 Å². The van der Waals surface area contributed by atoms with Crippen LogP contribution in [0.1, 0.15) is 22.3 Å². The summed E-state index contributed by atoms with van der Waals surface area (Å²) in [4.78, 5) is 12.1. The van der Waals surface area contributed by atoms with E-state index in [-0.39, 0.29) is 16.9 Å². The van der Waals surface area contributed by atoms with E-state index in [0.29, 0.717) is 0 Å². The van der Waals surface area contributed by atoms with Crippen LogP contribution in [-0.2, 0) is 0 Å². The van der Waals surface area contributed by atoms with Gasteiger partial charge in [0.25, 0.3) is 0 Å². The van der Waals surface area contributed by atoms with Gasteiger partial charge >= 0.3 is 53.6 Å². The Morgan fingerprint density at radius 2 is 0.978 bits per heavy atom. The van der Waals surface area contributed by atoms with Crippen LogP contribution in [-0.4, -0.2) is 60.2 Å². The van der Waals surface area contributed by atoms with Gasteiger partial charge in [-0.2, -0.15) is 79.9 Å². The van der Waals surface area contributed by atoms with Crippen molar-refractivity contribution in [2.24, 2.45) is 0 Å². The molecule has 0 radical (unpaired) electrons. The van der Waals surface area contributed by atoms with Crippen molar-refractivity contribution in [3.05, 3.63) is 59.7 Å². The van der Waals surface area contributed by atoms with Gasteiger partial charge in [-0.3, -0.25) is 0 Å². The molecule has 2 rings (SSSR count). The molecular weight excluding hydrogens is 673 g/mol. The van der Waals surface area contributed by atoms with Gasteiger partial charge in [-0.05, 0) is 48.5 Å². The molecule has 0 fully saturated rings. The van der Waals surface area contributed by atoms with Gasteiger partial charge in [0.2, 0.25) is 0 Å². The zero-order valence-electron chi connectivity index (χ0n) is 21.1. The van der Waals surface area contributed by atoms with E-state index in [1.165, 1.54) is 24.3 Å². The molecule has 0 aliphatic rings. The van der Waals surface area contributed by atoms with Crippen molar-refractivity contribution in [3.63, 3.8) is 0 Å². The van der Waals surface area contributed by atoms with Crippen LogP contribution in [0.5, 0.6) is 11.5 Å². The van der Waals surface area contributed by atoms with Crippen molar-refractivity contribution in [1.82, 2.24) is 0 Å². The highest BCUT2D eigenvalue weighted by molar-refractivity contribution is 5.91. The van der Waals surface area contributed by atoms with Gasteiger partial charge in [-0.15, -0.1) is 0 Å². The minimum atomic E-state index is -8.69. The number of halogens is 17. The number of rotatable bonds is 12. The van der Waals surface area contributed by atoms with Crippen LogP contribution in [0.3, 0.4) is 0 Å². The molecule has 250 valence electrons. The standard InChI is InChI=1S/C24H12F17NO3/c25-17(26,9-10-44-14-5-7-15(8-6-14)45-16(43)13-3-1-12(11-42)2-4-13)18(27,28)19(29,30)20(31,32)21(33,34)22(35,36)23(37,38)24(39,40)41/h1-8H,9-10H2. The molecule has 0 amide bonds. The topological polar surface area (TPSA) is 59.3 Å². The van der Waals surface area contributed by atoms with Crippen LogP contribution < -0.4 is 9.47 Å². The molecule has 4 nitrogen and oxygen atoms in total. The molecule has 45 heavy (non-hydrogen) atoms. The van der Waals surface area contributed by atoms with Gasteiger partial charge in [0.05, 0.1) is 30.2 Å². The normalized spacial score (nSPS) is 14.1. The van der Waals surface area contributed by atoms with Crippen LogP contribution in [0.25, 0.3) is 0 Å². The summed E-state index contributed by atoms with van der Waals surface area (Å²) < 4.78 is 236. The van der Waals surface area contributed by atoms with Crippen LogP contribution in [0.2, 0.25) is 0 Å². The highest BCUT2D eigenvalue weighted by Gasteiger charge is 2.95. The van der Waals surface area contributed by atoms with E-state index in [1.54, 1.807) is 6.07 Å². The van der Waals surface area contributed by atoms with Gasteiger partial charge in [0.15, 0.2) is 0 Å². The van der Waals surface area contributed by atoms with E-state index < -0.39 is 72.4 Å². The average Bonchev–Trinajstić information content (AvgIpc) is 2.92. The first-order valence-corrected chi connectivity index (χ1v) is 11.3. The molecule has 0 aliphatic carbocycles. The Bertz CT molecular complexity index is 1400. The summed E-state index contributed by atoms with van der Waals surface area (Å²) in [7, 11) is 0. The molecule has 0 saturated carbocycles. The Morgan fingerprint density at radius 1 is 0.578 bits per heavy atom. The molecule has 0 atom stereocenters. The molecule has 2 aromatic rings. The summed E-state index contributed by atoms with van der Waals surface area (Å²) in [6.07, 6.45) is -10.6. The van der Waals surface area contributed by atoms with E-state index in [4.69, 9.17) is 10.00 Å². The first-order valence-electron chi connectivity index (χ1n) is 11.3. The zero-order chi connectivity index (χ0) is 35.1. The molecule has 0 heterocycles. The van der Waals surface area contributed by atoms with E-state index in [1.807, 2.05) is 0 Å². The number of alkyl halides is 17. The second-order valence-corrected chi connectivity index (χ2v) is 8.80. The lowest BCUT2D eigenvalue weighted by atomic mass is 9.88. The Morgan fingerprint density at radius 3 is 1.40 bits per heavy atom. The summed E-state index contributed by atoms with van der Waals surface area (Å²) in [5.41, 5.74) is 0.148. The van der Waals surface area contributed by atoms with E-state index in [9.17, 15) is 79.4 Å². The third-order valence-corrected chi connectivity index (χ3v) is 5.76. The highest BCUT2D eigenvalue weighted by Crippen LogP contribution is 2.64. The number of esters is 1. The predicted molar refractivity (Wildman–Crippen MR) is 113 cm³/mol. The van der Waals surface area contributed by atoms with Crippen molar-refractivity contribution in [1.29, 1.82) is 5.26 Å². The molecule has 21 heteroatoms. The first-order chi connectivity index (χ1) is 20.1. The molecule has 0 bridgehead atoms. The average molecular weight is 685 g/mol. The largest absolute Gasteiger partial charge is 0.493 e. The maximum absolute atomic E-state index is 14.0. The SMILES string of the molecule is N#Cc1ccc(C(=O)Oc2ccc(OCCC(F)(F)C(F)(F)C(F)(F)C(F)(F)C(F)(F)C(F)(F)C(F)(F)C(F)(F)F)cc2)cc1. The summed E-state index contributed by atoms with van der Waals surface area (Å²) in [5.74, 6) is -58.7. The zero-order valence-corrected chi connectivity index (χ0v) is 21.1. The lowest BCUT2D eigenvalue weighted by Crippen LogP contribution is -2.74. The number of ether oxygens (including phenoxy) is 2. The summed E-state index contributed by atoms with van der Waals surface area (Å²) in [5, 5.41) is 8.72. The number of nitriles is 1. The third kappa shape index (κ3) is 6.27. The molecule has 0 saturated heterocycles. The second kappa shape index (κ2) is 11.7. The van der Waals surface area contributed by atoms with E-state index >= 15 is 0 Å². The maximum atomic E-state index is 14.0. The van der Waals surface area contributed by atoms with Crippen molar-refractivity contribution >= 4 is 5.97 Å². The smallest absolute Gasteiger partial charge is 0.460 e. The number of carbonyl (C=O) groups is 1. The van der Waals surface area contributed by atoms with Crippen LogP contribution >= 0.6 is 0 Å². The van der Waals surface area contributed by atoms with Gasteiger partial charge < -0.3 is 9.47 Å². The third-order valence-electron chi connectivity index (χ3n) is 5.76. The minimum absolute atomic E-state index is 0.0459. The van der Waals surface area contributed by atoms with E-state index in [0.717, 1.165) is 24.3 Å². The minimum Gasteiger partial charge on any atom is -0.493 e. The van der Waals surface area contributed by atoms with Gasteiger partial charge in [0, 0.05) is 0 Å². The van der Waals surface area contributed by atoms with Crippen LogP contribution in [0.15, 0.2) is 48.5 Å². The van der Waals surface area contributed by atoms with E-state index in [2.05, 4.69) is 4.74 Å². The van der Waals surface area contributed by atoms with Gasteiger partial charge in [-0.25, -0.2) is 4.79 Å². The number of hydrogen-bond acceptors (Lipinski definition) is 4. The fraction of sp³-hybridized carbons (Fsp3) is 0.417. The highest BCUT2D eigenvalue weighted by atomic mass is 19.4. The predicted octanol–water partition coefficient (Wildman–Crippen LogP) is 8.56. The van der Waals surface area contributed by atoms with Crippen LogP contribution in [0.4, 0.5) is 74.6 Å². The monoisotopic (exact) mass is 685 g/mol. The number of carbonyl (C=O) groups excluding carboxylic acids is 1. The first kappa shape index (κ1) is 37.2. The van der Waals surface area contributed by atoms with Gasteiger partial charge in [0.1, 0.15) is 11.5 Å². The van der Waals surface area contributed by atoms with Crippen molar-refractivity contribution in [2.45, 2.75) is 54.1 Å². The number of benzene rings is 2. The Balaban J connectivity index is 2.18. The molecule has 0 aromatic heterocycles. The summed E-state index contributed by atoms with van der Waals surface area (Å²) >= 11 is 0. The van der Waals surface area contributed by atoms with Crippen LogP contribution in [0, 0.1) is 11.3 Å². The second-order valence-electron chi connectivity index (χ2n) is 8.80. The summed E-state index contributed by atoms with van der Waals surface area (Å²) in [6.45, 7) is -1.83.